The van der Waals surface area contributed by atoms with Gasteiger partial charge in [-0.3, -0.25) is 5.73 Å². The zero-order valence-electron chi connectivity index (χ0n) is 11.9. The van der Waals surface area contributed by atoms with E-state index in [9.17, 15) is 0 Å². The van der Waals surface area contributed by atoms with E-state index in [1.54, 1.807) is 6.20 Å². The molecule has 1 unspecified atom stereocenters. The highest BCUT2D eigenvalue weighted by Crippen LogP contribution is 2.35. The third kappa shape index (κ3) is 5.16. The minimum Gasteiger partial charge on any atom is -1.00 e. The van der Waals surface area contributed by atoms with Crippen LogP contribution in [0.3, 0.4) is 0 Å². The van der Waals surface area contributed by atoms with Gasteiger partial charge in [-0.15, -0.1) is 0 Å². The van der Waals surface area contributed by atoms with Gasteiger partial charge in [-0.25, -0.2) is 4.57 Å². The first-order valence-corrected chi connectivity index (χ1v) is 8.42. The Morgan fingerprint density at radius 3 is 2.76 bits per heavy atom. The summed E-state index contributed by atoms with van der Waals surface area (Å²) in [5, 5.41) is 0.266. The first-order valence-electron chi connectivity index (χ1n) is 6.75. The second-order valence-corrected chi connectivity index (χ2v) is 6.60. The maximum atomic E-state index is 6.01. The van der Waals surface area contributed by atoms with Gasteiger partial charge in [-0.05, 0) is 40.9 Å². The molecule has 114 valence electrons. The highest BCUT2D eigenvalue weighted by Gasteiger charge is 2.19. The number of halogens is 2. The fraction of sp³-hybridized carbons (Fsp3) is 0.333. The molecular formula is C15H19BrClN3S. The second-order valence-electron chi connectivity index (χ2n) is 4.53. The molecule has 2 rings (SSSR count). The third-order valence-electron chi connectivity index (χ3n) is 3.02. The summed E-state index contributed by atoms with van der Waals surface area (Å²) in [5.41, 5.74) is 6.01. The monoisotopic (exact) mass is 387 g/mol. The molecule has 6 heteroatoms. The Balaban J connectivity index is 0.00000220. The van der Waals surface area contributed by atoms with Crippen LogP contribution < -0.4 is 22.7 Å². The van der Waals surface area contributed by atoms with Crippen LogP contribution in [0.5, 0.6) is 0 Å². The van der Waals surface area contributed by atoms with Gasteiger partial charge in [-0.2, -0.15) is 0 Å². The molecule has 0 aliphatic carbocycles. The Hall–Kier alpha value is -0.780. The molecule has 3 nitrogen and oxygen atoms in total. The van der Waals surface area contributed by atoms with Crippen molar-refractivity contribution in [1.82, 2.24) is 4.98 Å². The maximum Gasteiger partial charge on any atom is 0.390 e. The molecule has 1 heterocycles. The molecule has 0 spiro atoms. The smallest absolute Gasteiger partial charge is 0.390 e. The van der Waals surface area contributed by atoms with Gasteiger partial charge in [0.1, 0.15) is 11.6 Å². The highest BCUT2D eigenvalue weighted by molar-refractivity contribution is 9.10. The lowest BCUT2D eigenvalue weighted by molar-refractivity contribution is -0.688. The largest absolute Gasteiger partial charge is 1.00 e. The molecular weight excluding hydrogens is 370 g/mol. The molecule has 2 N–H and O–H groups in total. The molecule has 0 bridgehead atoms. The van der Waals surface area contributed by atoms with E-state index in [1.165, 1.54) is 17.7 Å². The Kier molecular flexibility index (Phi) is 8.07. The summed E-state index contributed by atoms with van der Waals surface area (Å²) >= 11 is 5.43. The Morgan fingerprint density at radius 2 is 2.10 bits per heavy atom. The zero-order valence-corrected chi connectivity index (χ0v) is 15.0. The quantitative estimate of drug-likeness (QED) is 0.597. The van der Waals surface area contributed by atoms with Crippen LogP contribution in [0.1, 0.15) is 31.6 Å². The lowest BCUT2D eigenvalue weighted by Crippen LogP contribution is -3.00. The van der Waals surface area contributed by atoms with E-state index in [0.717, 1.165) is 10.9 Å². The number of hydrogen-bond acceptors (Lipinski definition) is 3. The molecule has 0 aliphatic heterocycles. The van der Waals surface area contributed by atoms with E-state index in [2.05, 4.69) is 50.6 Å². The van der Waals surface area contributed by atoms with Crippen molar-refractivity contribution < 1.29 is 17.0 Å². The SMILES string of the molecule is CCCCC(Sc1ccccc1Br)[n+]1cccnc1N.[Cl-]. The van der Waals surface area contributed by atoms with Crippen LogP contribution in [0.15, 0.2) is 52.1 Å². The summed E-state index contributed by atoms with van der Waals surface area (Å²) in [6.45, 7) is 2.21. The van der Waals surface area contributed by atoms with Gasteiger partial charge in [0.25, 0.3) is 0 Å². The zero-order chi connectivity index (χ0) is 14.4. The van der Waals surface area contributed by atoms with Crippen molar-refractivity contribution in [3.05, 3.63) is 47.2 Å². The second kappa shape index (κ2) is 9.28. The third-order valence-corrected chi connectivity index (χ3v) is 5.32. The van der Waals surface area contributed by atoms with Crippen molar-refractivity contribution in [2.75, 3.05) is 5.73 Å². The summed E-state index contributed by atoms with van der Waals surface area (Å²) in [6, 6.07) is 10.2. The molecule has 0 amide bonds. The van der Waals surface area contributed by atoms with Crippen LogP contribution in [0, 0.1) is 0 Å². The van der Waals surface area contributed by atoms with Gasteiger partial charge >= 0.3 is 5.95 Å². The summed E-state index contributed by atoms with van der Waals surface area (Å²) in [5.74, 6) is 0.563. The van der Waals surface area contributed by atoms with Crippen LogP contribution >= 0.6 is 27.7 Å². The first kappa shape index (κ1) is 18.3. The molecule has 2 aromatic rings. The minimum atomic E-state index is 0. The van der Waals surface area contributed by atoms with Gasteiger partial charge < -0.3 is 12.4 Å². The minimum absolute atomic E-state index is 0. The fourth-order valence-electron chi connectivity index (χ4n) is 1.96. The number of nitrogens with two attached hydrogens (primary N) is 1. The van der Waals surface area contributed by atoms with Crippen LogP contribution in [0.25, 0.3) is 0 Å². The molecule has 0 fully saturated rings. The molecule has 1 aromatic carbocycles. The van der Waals surface area contributed by atoms with Gasteiger partial charge in [0.2, 0.25) is 0 Å². The predicted octanol–water partition coefficient (Wildman–Crippen LogP) is 1.20. The summed E-state index contributed by atoms with van der Waals surface area (Å²) in [4.78, 5) is 5.41. The van der Waals surface area contributed by atoms with Gasteiger partial charge in [0.15, 0.2) is 0 Å². The fourth-order valence-corrected chi connectivity index (χ4v) is 3.73. The van der Waals surface area contributed by atoms with Crippen molar-refractivity contribution in [2.24, 2.45) is 0 Å². The van der Waals surface area contributed by atoms with E-state index in [-0.39, 0.29) is 17.8 Å². The Labute approximate surface area is 144 Å². The van der Waals surface area contributed by atoms with Crippen molar-refractivity contribution in [3.63, 3.8) is 0 Å². The van der Waals surface area contributed by atoms with E-state index >= 15 is 0 Å². The average molecular weight is 389 g/mol. The number of nitrogen functional groups attached to an aromatic ring is 1. The topological polar surface area (TPSA) is 42.8 Å². The summed E-state index contributed by atoms with van der Waals surface area (Å²) < 4.78 is 3.18. The van der Waals surface area contributed by atoms with Crippen LogP contribution in [-0.4, -0.2) is 4.98 Å². The van der Waals surface area contributed by atoms with E-state index < -0.39 is 0 Å². The lowest BCUT2D eigenvalue weighted by atomic mass is 10.2. The van der Waals surface area contributed by atoms with Crippen LogP contribution in [0.2, 0.25) is 0 Å². The average Bonchev–Trinajstić information content (AvgIpc) is 2.46. The number of rotatable bonds is 6. The predicted molar refractivity (Wildman–Crippen MR) is 87.4 cm³/mol. The maximum absolute atomic E-state index is 6.01. The number of hydrogen-bond donors (Lipinski definition) is 1. The summed E-state index contributed by atoms with van der Waals surface area (Å²) in [6.07, 6.45) is 7.15. The highest BCUT2D eigenvalue weighted by atomic mass is 79.9. The molecule has 21 heavy (non-hydrogen) atoms. The Morgan fingerprint density at radius 1 is 1.33 bits per heavy atom. The number of benzene rings is 1. The van der Waals surface area contributed by atoms with E-state index in [4.69, 9.17) is 5.73 Å². The molecule has 0 aliphatic rings. The number of unbranched alkanes of at least 4 members (excludes halogenated alkanes) is 1. The number of nitrogens with zero attached hydrogens (tertiary/aromatic N) is 2. The number of thioether (sulfide) groups is 1. The molecule has 1 aromatic heterocycles. The normalized spacial score (nSPS) is 11.7. The van der Waals surface area contributed by atoms with Crippen molar-refractivity contribution >= 4 is 33.6 Å². The van der Waals surface area contributed by atoms with Crippen LogP contribution in [-0.2, 0) is 0 Å². The van der Waals surface area contributed by atoms with Gasteiger partial charge in [0.05, 0.1) is 6.20 Å². The van der Waals surface area contributed by atoms with Crippen molar-refractivity contribution in [2.45, 2.75) is 36.5 Å². The number of anilines is 1. The standard InChI is InChI=1S/C15H18BrN3S.ClH/c1-2-3-9-14(19-11-6-10-18-15(19)17)20-13-8-5-4-7-12(13)16;/h4-8,10-11,14,17H,2-3,9H2,1H3;1H. The van der Waals surface area contributed by atoms with Gasteiger partial charge in [0, 0.05) is 15.4 Å². The van der Waals surface area contributed by atoms with E-state index in [0.29, 0.717) is 5.95 Å². The Bertz CT molecular complexity index is 568. The molecule has 1 atom stereocenters. The van der Waals surface area contributed by atoms with E-state index in [1.807, 2.05) is 30.1 Å². The molecule has 0 saturated carbocycles. The molecule has 0 saturated heterocycles. The van der Waals surface area contributed by atoms with Crippen molar-refractivity contribution in [1.29, 1.82) is 0 Å². The first-order chi connectivity index (χ1) is 9.72. The van der Waals surface area contributed by atoms with Gasteiger partial charge in [-0.1, -0.05) is 42.2 Å². The van der Waals surface area contributed by atoms with Crippen LogP contribution in [0.4, 0.5) is 5.95 Å². The summed E-state index contributed by atoms with van der Waals surface area (Å²) in [7, 11) is 0. The lowest BCUT2D eigenvalue weighted by Gasteiger charge is -2.17. The van der Waals surface area contributed by atoms with Crippen molar-refractivity contribution in [3.8, 4) is 0 Å². The molecule has 0 radical (unpaired) electrons. The number of aromatic nitrogens is 2.